The molecule has 4 rings (SSSR count). The van der Waals surface area contributed by atoms with Crippen molar-refractivity contribution >= 4 is 28.6 Å². The van der Waals surface area contributed by atoms with E-state index in [1.807, 2.05) is 18.2 Å². The SMILES string of the molecule is O=C(O)c1cc(N2CCN(c3ncccn3)CC2)nc2ccccc12. The van der Waals surface area contributed by atoms with E-state index in [2.05, 4.69) is 24.8 Å². The Kier molecular flexibility index (Phi) is 3.89. The lowest BCUT2D eigenvalue weighted by Crippen LogP contribution is -2.47. The summed E-state index contributed by atoms with van der Waals surface area (Å²) in [6.45, 7) is 3.01. The smallest absolute Gasteiger partial charge is 0.336 e. The number of aromatic carboxylic acids is 1. The van der Waals surface area contributed by atoms with Crippen LogP contribution in [0.5, 0.6) is 0 Å². The highest BCUT2D eigenvalue weighted by atomic mass is 16.4. The summed E-state index contributed by atoms with van der Waals surface area (Å²) in [5.74, 6) is 0.487. The molecule has 0 bridgehead atoms. The number of hydrogen-bond acceptors (Lipinski definition) is 6. The second-order valence-corrected chi connectivity index (χ2v) is 5.87. The van der Waals surface area contributed by atoms with Gasteiger partial charge in [-0.05, 0) is 18.2 Å². The van der Waals surface area contributed by atoms with Gasteiger partial charge in [0.15, 0.2) is 0 Å². The Labute approximate surface area is 144 Å². The Bertz CT molecular complexity index is 908. The highest BCUT2D eigenvalue weighted by Gasteiger charge is 2.21. The van der Waals surface area contributed by atoms with Crippen molar-refractivity contribution in [2.24, 2.45) is 0 Å². The minimum atomic E-state index is -0.934. The Hall–Kier alpha value is -3.22. The average Bonchev–Trinajstić information content (AvgIpc) is 2.68. The molecular formula is C18H17N5O2. The zero-order valence-corrected chi connectivity index (χ0v) is 13.5. The fourth-order valence-corrected chi connectivity index (χ4v) is 3.09. The Balaban J connectivity index is 1.60. The van der Waals surface area contributed by atoms with Crippen molar-refractivity contribution in [3.8, 4) is 0 Å². The molecule has 0 radical (unpaired) electrons. The maximum atomic E-state index is 11.6. The van der Waals surface area contributed by atoms with Crippen molar-refractivity contribution in [2.75, 3.05) is 36.0 Å². The standard InChI is InChI=1S/C18H17N5O2/c24-17(25)14-12-16(21-15-5-2-1-4-13(14)15)22-8-10-23(11-9-22)18-19-6-3-7-20-18/h1-7,12H,8-11H2,(H,24,25). The zero-order valence-electron chi connectivity index (χ0n) is 13.5. The number of rotatable bonds is 3. The quantitative estimate of drug-likeness (QED) is 0.784. The fraction of sp³-hybridized carbons (Fsp3) is 0.222. The number of nitrogens with zero attached hydrogens (tertiary/aromatic N) is 5. The minimum absolute atomic E-state index is 0.287. The van der Waals surface area contributed by atoms with E-state index >= 15 is 0 Å². The van der Waals surface area contributed by atoms with Crippen molar-refractivity contribution < 1.29 is 9.90 Å². The lowest BCUT2D eigenvalue weighted by atomic mass is 10.1. The summed E-state index contributed by atoms with van der Waals surface area (Å²) in [6.07, 6.45) is 3.47. The number of carboxylic acids is 1. The summed E-state index contributed by atoms with van der Waals surface area (Å²) in [7, 11) is 0. The zero-order chi connectivity index (χ0) is 17.2. The van der Waals surface area contributed by atoms with E-state index in [4.69, 9.17) is 0 Å². The van der Waals surface area contributed by atoms with Crippen molar-refractivity contribution in [1.82, 2.24) is 15.0 Å². The van der Waals surface area contributed by atoms with Gasteiger partial charge in [-0.25, -0.2) is 19.7 Å². The van der Waals surface area contributed by atoms with Crippen LogP contribution in [0.4, 0.5) is 11.8 Å². The number of carbonyl (C=O) groups is 1. The van der Waals surface area contributed by atoms with Gasteiger partial charge in [0, 0.05) is 44.0 Å². The molecular weight excluding hydrogens is 318 g/mol. The number of fused-ring (bicyclic) bond motifs is 1. The number of benzene rings is 1. The molecule has 0 atom stereocenters. The van der Waals surface area contributed by atoms with Crippen LogP contribution in [0.15, 0.2) is 48.8 Å². The second-order valence-electron chi connectivity index (χ2n) is 5.87. The third kappa shape index (κ3) is 2.96. The van der Waals surface area contributed by atoms with Gasteiger partial charge in [-0.15, -0.1) is 0 Å². The van der Waals surface area contributed by atoms with E-state index in [1.165, 1.54) is 0 Å². The molecule has 0 amide bonds. The van der Waals surface area contributed by atoms with Crippen LogP contribution >= 0.6 is 0 Å². The van der Waals surface area contributed by atoms with Gasteiger partial charge in [0.25, 0.3) is 0 Å². The van der Waals surface area contributed by atoms with Gasteiger partial charge in [0.1, 0.15) is 5.82 Å². The third-order valence-electron chi connectivity index (χ3n) is 4.37. The predicted molar refractivity (Wildman–Crippen MR) is 95.2 cm³/mol. The van der Waals surface area contributed by atoms with Gasteiger partial charge in [-0.3, -0.25) is 0 Å². The molecule has 1 N–H and O–H groups in total. The first kappa shape index (κ1) is 15.3. The number of anilines is 2. The minimum Gasteiger partial charge on any atom is -0.478 e. The molecule has 1 aromatic carbocycles. The van der Waals surface area contributed by atoms with E-state index in [9.17, 15) is 9.90 Å². The summed E-state index contributed by atoms with van der Waals surface area (Å²) in [4.78, 5) is 29.1. The molecule has 7 heteroatoms. The van der Waals surface area contributed by atoms with Gasteiger partial charge < -0.3 is 14.9 Å². The molecule has 2 aromatic heterocycles. The molecule has 3 aromatic rings. The summed E-state index contributed by atoms with van der Waals surface area (Å²) >= 11 is 0. The maximum Gasteiger partial charge on any atom is 0.336 e. The fourth-order valence-electron chi connectivity index (χ4n) is 3.09. The molecule has 0 aliphatic carbocycles. The van der Waals surface area contributed by atoms with Crippen molar-refractivity contribution in [2.45, 2.75) is 0 Å². The average molecular weight is 335 g/mol. The molecule has 1 aliphatic heterocycles. The largest absolute Gasteiger partial charge is 0.478 e. The first-order chi connectivity index (χ1) is 12.2. The molecule has 1 fully saturated rings. The number of piperazine rings is 1. The Morgan fingerprint density at radius 3 is 2.36 bits per heavy atom. The van der Waals surface area contributed by atoms with E-state index in [0.717, 1.165) is 32.1 Å². The van der Waals surface area contributed by atoms with Crippen LogP contribution in [0.2, 0.25) is 0 Å². The topological polar surface area (TPSA) is 82.5 Å². The van der Waals surface area contributed by atoms with Gasteiger partial charge in [0.2, 0.25) is 5.95 Å². The van der Waals surface area contributed by atoms with Crippen LogP contribution in [-0.2, 0) is 0 Å². The van der Waals surface area contributed by atoms with Crippen molar-refractivity contribution in [3.63, 3.8) is 0 Å². The number of hydrogen-bond donors (Lipinski definition) is 1. The van der Waals surface area contributed by atoms with E-state index in [0.29, 0.717) is 16.7 Å². The lowest BCUT2D eigenvalue weighted by Gasteiger charge is -2.35. The first-order valence-corrected chi connectivity index (χ1v) is 8.12. The van der Waals surface area contributed by atoms with Crippen molar-refractivity contribution in [1.29, 1.82) is 0 Å². The third-order valence-corrected chi connectivity index (χ3v) is 4.37. The van der Waals surface area contributed by atoms with Crippen molar-refractivity contribution in [3.05, 3.63) is 54.4 Å². The molecule has 126 valence electrons. The Morgan fingerprint density at radius 2 is 1.64 bits per heavy atom. The summed E-state index contributed by atoms with van der Waals surface area (Å²) in [5.41, 5.74) is 0.987. The molecule has 25 heavy (non-hydrogen) atoms. The monoisotopic (exact) mass is 335 g/mol. The van der Waals surface area contributed by atoms with Crippen LogP contribution in [-0.4, -0.2) is 52.2 Å². The molecule has 1 saturated heterocycles. The van der Waals surface area contributed by atoms with Crippen LogP contribution in [0, 0.1) is 0 Å². The van der Waals surface area contributed by atoms with E-state index in [1.54, 1.807) is 30.6 Å². The van der Waals surface area contributed by atoms with Crippen LogP contribution in [0.1, 0.15) is 10.4 Å². The van der Waals surface area contributed by atoms with Gasteiger partial charge in [-0.2, -0.15) is 0 Å². The number of aromatic nitrogens is 3. The maximum absolute atomic E-state index is 11.6. The van der Waals surface area contributed by atoms with Gasteiger partial charge in [-0.1, -0.05) is 18.2 Å². The van der Waals surface area contributed by atoms with Crippen LogP contribution in [0.3, 0.4) is 0 Å². The first-order valence-electron chi connectivity index (χ1n) is 8.12. The van der Waals surface area contributed by atoms with Gasteiger partial charge >= 0.3 is 5.97 Å². The van der Waals surface area contributed by atoms with Crippen LogP contribution in [0.25, 0.3) is 10.9 Å². The summed E-state index contributed by atoms with van der Waals surface area (Å²) in [5, 5.41) is 10.2. The number of para-hydroxylation sites is 1. The number of pyridine rings is 1. The molecule has 0 saturated carbocycles. The summed E-state index contributed by atoms with van der Waals surface area (Å²) < 4.78 is 0. The molecule has 1 aliphatic rings. The molecule has 7 nitrogen and oxygen atoms in total. The summed E-state index contributed by atoms with van der Waals surface area (Å²) in [6, 6.07) is 10.8. The molecule has 3 heterocycles. The molecule has 0 spiro atoms. The predicted octanol–water partition coefficient (Wildman–Crippen LogP) is 2.05. The van der Waals surface area contributed by atoms with E-state index in [-0.39, 0.29) is 5.56 Å². The molecule has 0 unspecified atom stereocenters. The normalized spacial score (nSPS) is 14.7. The highest BCUT2D eigenvalue weighted by molar-refractivity contribution is 6.03. The second kappa shape index (κ2) is 6.35. The Morgan fingerprint density at radius 1 is 0.960 bits per heavy atom. The van der Waals surface area contributed by atoms with Crippen LogP contribution < -0.4 is 9.80 Å². The van der Waals surface area contributed by atoms with Gasteiger partial charge in [0.05, 0.1) is 11.1 Å². The highest BCUT2D eigenvalue weighted by Crippen LogP contribution is 2.24. The van der Waals surface area contributed by atoms with E-state index < -0.39 is 5.97 Å². The lowest BCUT2D eigenvalue weighted by molar-refractivity contribution is 0.0699. The number of carboxylic acid groups (broad SMARTS) is 1.